The van der Waals surface area contributed by atoms with Crippen molar-refractivity contribution in [3.05, 3.63) is 24.3 Å². The fraction of sp³-hybridized carbons (Fsp3) is 0.854. The molecule has 0 N–H and O–H groups in total. The van der Waals surface area contributed by atoms with E-state index in [1.807, 2.05) is 0 Å². The van der Waals surface area contributed by atoms with E-state index in [1.54, 1.807) is 14.1 Å². The highest BCUT2D eigenvalue weighted by Crippen LogP contribution is 2.15. The van der Waals surface area contributed by atoms with Gasteiger partial charge in [-0.2, -0.15) is 0 Å². The molecule has 0 saturated carbocycles. The van der Waals surface area contributed by atoms with Gasteiger partial charge >= 0.3 is 11.8 Å². The Morgan fingerprint density at radius 2 is 0.614 bits per heavy atom. The van der Waals surface area contributed by atoms with Gasteiger partial charge in [0.15, 0.2) is 0 Å². The van der Waals surface area contributed by atoms with Gasteiger partial charge in [0, 0.05) is 0 Å². The third-order valence-electron chi connectivity index (χ3n) is 8.55. The first kappa shape index (κ1) is 44.9. The van der Waals surface area contributed by atoms with Crippen molar-refractivity contribution in [2.45, 2.75) is 214 Å². The first-order chi connectivity index (χ1) is 21.4. The van der Waals surface area contributed by atoms with Crippen LogP contribution in [-0.4, -0.2) is 30.4 Å². The molecule has 0 rings (SSSR count). The van der Waals surface area contributed by atoms with Crippen LogP contribution in [0.5, 0.6) is 0 Å². The van der Waals surface area contributed by atoms with Gasteiger partial charge in [-0.15, -0.1) is 0 Å². The van der Waals surface area contributed by atoms with E-state index in [0.29, 0.717) is 12.8 Å². The van der Waals surface area contributed by atoms with E-state index in [1.165, 1.54) is 148 Å². The second-order valence-electron chi connectivity index (χ2n) is 13.6. The molecule has 3 nitrogen and oxygen atoms in total. The molecule has 0 aliphatic rings. The number of carbonyl (C=O) groups excluding carboxylic acids is 2. The Bertz CT molecular complexity index is 610. The zero-order chi connectivity index (χ0) is 33.0. The molecule has 0 fully saturated rings. The third-order valence-corrected chi connectivity index (χ3v) is 8.55. The molecule has 0 aromatic heterocycles. The van der Waals surface area contributed by atoms with Crippen molar-refractivity contribution in [2.75, 3.05) is 14.1 Å². The van der Waals surface area contributed by atoms with Crippen molar-refractivity contribution >= 4 is 11.8 Å². The van der Waals surface area contributed by atoms with Gasteiger partial charge in [0.05, 0.1) is 26.9 Å². The van der Waals surface area contributed by atoms with Gasteiger partial charge in [-0.05, 0) is 64.2 Å². The van der Waals surface area contributed by atoms with Crippen LogP contribution in [0.4, 0.5) is 0 Å². The molecule has 3 heteroatoms. The van der Waals surface area contributed by atoms with E-state index in [2.05, 4.69) is 52.0 Å². The highest BCUT2D eigenvalue weighted by Gasteiger charge is 2.33. The molecule has 260 valence electrons. The van der Waals surface area contributed by atoms with Crippen molar-refractivity contribution in [1.82, 2.24) is 0 Å². The van der Waals surface area contributed by atoms with Gasteiger partial charge in [-0.25, -0.2) is 14.1 Å². The van der Waals surface area contributed by atoms with Crippen molar-refractivity contribution in [2.24, 2.45) is 0 Å². The summed E-state index contributed by atoms with van der Waals surface area (Å²) in [5.41, 5.74) is 0. The van der Waals surface area contributed by atoms with Gasteiger partial charge in [0.25, 0.3) is 0 Å². The number of hydrogen-bond acceptors (Lipinski definition) is 2. The summed E-state index contributed by atoms with van der Waals surface area (Å²) in [6.07, 6.45) is 44.4. The molecular weight excluding hydrogens is 538 g/mol. The molecule has 0 bridgehead atoms. The van der Waals surface area contributed by atoms with Crippen LogP contribution in [0.15, 0.2) is 24.3 Å². The molecule has 44 heavy (non-hydrogen) atoms. The van der Waals surface area contributed by atoms with Crippen molar-refractivity contribution in [3.8, 4) is 0 Å². The summed E-state index contributed by atoms with van der Waals surface area (Å²) in [6, 6.07) is 0. The van der Waals surface area contributed by atoms with Crippen LogP contribution in [0.25, 0.3) is 0 Å². The van der Waals surface area contributed by atoms with Crippen LogP contribution >= 0.6 is 0 Å². The second-order valence-corrected chi connectivity index (χ2v) is 13.6. The molecule has 0 spiro atoms. The third kappa shape index (κ3) is 32.2. The number of allylic oxidation sites excluding steroid dienone is 4. The molecule has 0 aromatic carbocycles. The lowest BCUT2D eigenvalue weighted by Crippen LogP contribution is -2.50. The summed E-state index contributed by atoms with van der Waals surface area (Å²) in [5, 5.41) is 0. The summed E-state index contributed by atoms with van der Waals surface area (Å²) >= 11 is 0. The van der Waals surface area contributed by atoms with Crippen molar-refractivity contribution < 1.29 is 14.1 Å². The number of quaternary nitrogens is 1. The number of nitrogens with zero attached hydrogens (tertiary/aromatic N) is 1. The standard InChI is InChI=1S/C38H72NO2.C3H8/c1-5-7-9-11-13-15-17-19-21-23-25-27-29-31-33-35-37(40)39(3,4)38(41)36-34-32-30-28-26-24-22-20-18-16-14-12-10-8-6-2;1-3-2/h19-22H,5-18,23-36H2,1-4H3;3H2,1-2H3/q+1;/b21-19-,22-20-;. The zero-order valence-corrected chi connectivity index (χ0v) is 31.1. The Balaban J connectivity index is 0. The fourth-order valence-electron chi connectivity index (χ4n) is 5.39. The predicted octanol–water partition coefficient (Wildman–Crippen LogP) is 13.6. The SMILES string of the molecule is CCC.CCCCCCCC/C=C\CCCCCCCC(=O)[N+](C)(C)C(=O)CCCCCCC/C=C\CCCCCCCC. The lowest BCUT2D eigenvalue weighted by Gasteiger charge is -2.24. The van der Waals surface area contributed by atoms with Crippen LogP contribution in [0.1, 0.15) is 214 Å². The largest absolute Gasteiger partial charge is 0.320 e. The Hall–Kier alpha value is -1.22. The summed E-state index contributed by atoms with van der Waals surface area (Å²) in [6.45, 7) is 8.79. The molecule has 0 unspecified atom stereocenters. The van der Waals surface area contributed by atoms with Gasteiger partial charge in [-0.3, -0.25) is 0 Å². The molecular formula is C41H80NO2+. The topological polar surface area (TPSA) is 34.1 Å². The highest BCUT2D eigenvalue weighted by molar-refractivity contribution is 5.84. The van der Waals surface area contributed by atoms with E-state index in [0.717, 1.165) is 25.7 Å². The number of rotatable bonds is 30. The van der Waals surface area contributed by atoms with Gasteiger partial charge in [0.1, 0.15) is 0 Å². The van der Waals surface area contributed by atoms with Crippen LogP contribution < -0.4 is 0 Å². The van der Waals surface area contributed by atoms with E-state index in [-0.39, 0.29) is 16.3 Å². The second kappa shape index (κ2) is 36.3. The normalized spacial score (nSPS) is 11.8. The van der Waals surface area contributed by atoms with E-state index in [4.69, 9.17) is 0 Å². The van der Waals surface area contributed by atoms with Gasteiger partial charge < -0.3 is 0 Å². The average Bonchev–Trinajstić information content (AvgIpc) is 3.01. The molecule has 0 saturated heterocycles. The predicted molar refractivity (Wildman–Crippen MR) is 197 cm³/mol. The van der Waals surface area contributed by atoms with Gasteiger partial charge in [-0.1, -0.05) is 161 Å². The lowest BCUT2D eigenvalue weighted by molar-refractivity contribution is -0.736. The summed E-state index contributed by atoms with van der Waals surface area (Å²) in [7, 11) is 3.58. The molecule has 0 aliphatic carbocycles. The lowest BCUT2D eigenvalue weighted by atomic mass is 10.1. The smallest absolute Gasteiger partial charge is 0.230 e. The summed E-state index contributed by atoms with van der Waals surface area (Å²) in [4.78, 5) is 25.5. The molecule has 0 heterocycles. The molecule has 0 aliphatic heterocycles. The minimum Gasteiger partial charge on any atom is -0.230 e. The van der Waals surface area contributed by atoms with Crippen LogP contribution in [0, 0.1) is 0 Å². The van der Waals surface area contributed by atoms with Gasteiger partial charge in [0.2, 0.25) is 0 Å². The maximum atomic E-state index is 12.7. The summed E-state index contributed by atoms with van der Waals surface area (Å²) < 4.78 is -0.0766. The Labute approximate surface area is 277 Å². The van der Waals surface area contributed by atoms with Crippen LogP contribution in [-0.2, 0) is 9.59 Å². The first-order valence-electron chi connectivity index (χ1n) is 19.6. The molecule has 0 aromatic rings. The Kier molecular flexibility index (Phi) is 37.0. The van der Waals surface area contributed by atoms with E-state index in [9.17, 15) is 9.59 Å². The van der Waals surface area contributed by atoms with Crippen LogP contribution in [0.3, 0.4) is 0 Å². The maximum absolute atomic E-state index is 12.7. The maximum Gasteiger partial charge on any atom is 0.320 e. The number of amides is 2. The van der Waals surface area contributed by atoms with Crippen LogP contribution in [0.2, 0.25) is 0 Å². The zero-order valence-electron chi connectivity index (χ0n) is 31.1. The quantitative estimate of drug-likeness (QED) is 0.0456. The molecule has 0 radical (unpaired) electrons. The Morgan fingerprint density at radius 3 is 0.886 bits per heavy atom. The van der Waals surface area contributed by atoms with E-state index < -0.39 is 0 Å². The monoisotopic (exact) mass is 619 g/mol. The molecule has 0 atom stereocenters. The number of hydrogen-bond donors (Lipinski definition) is 0. The number of imide groups is 1. The summed E-state index contributed by atoms with van der Waals surface area (Å²) in [5.74, 6) is 0.167. The van der Waals surface area contributed by atoms with Crippen molar-refractivity contribution in [3.63, 3.8) is 0 Å². The van der Waals surface area contributed by atoms with Crippen molar-refractivity contribution in [1.29, 1.82) is 0 Å². The Morgan fingerprint density at radius 1 is 0.386 bits per heavy atom. The van der Waals surface area contributed by atoms with E-state index >= 15 is 0 Å². The fourth-order valence-corrected chi connectivity index (χ4v) is 5.39. The molecule has 2 amide bonds. The minimum atomic E-state index is -0.0766. The highest BCUT2D eigenvalue weighted by atomic mass is 16.2. The average molecular weight is 619 g/mol. The first-order valence-corrected chi connectivity index (χ1v) is 19.6. The minimum absolute atomic E-state index is 0.0766. The number of carbonyl (C=O) groups is 2. The number of unbranched alkanes of at least 4 members (excludes halogenated alkanes) is 22.